The SMILES string of the molecule is COCCN(CCC#N)S(=O)(=O)c1ccc(Br)cc1Cl. The Bertz CT molecular complexity index is 601. The third kappa shape index (κ3) is 4.43. The van der Waals surface area contributed by atoms with Gasteiger partial charge in [-0.3, -0.25) is 0 Å². The number of rotatable bonds is 7. The van der Waals surface area contributed by atoms with Crippen molar-refractivity contribution in [2.24, 2.45) is 0 Å². The van der Waals surface area contributed by atoms with Crippen LogP contribution in [0, 0.1) is 11.3 Å². The summed E-state index contributed by atoms with van der Waals surface area (Å²) in [5.41, 5.74) is 0. The van der Waals surface area contributed by atoms with E-state index in [1.165, 1.54) is 23.5 Å². The first-order chi connectivity index (χ1) is 9.43. The molecule has 0 amide bonds. The number of sulfonamides is 1. The normalized spacial score (nSPS) is 11.6. The molecule has 0 atom stereocenters. The van der Waals surface area contributed by atoms with Crippen molar-refractivity contribution in [3.8, 4) is 6.07 Å². The summed E-state index contributed by atoms with van der Waals surface area (Å²) in [7, 11) is -2.26. The number of hydrogen-bond donors (Lipinski definition) is 0. The standard InChI is InChI=1S/C12H14BrClN2O3S/c1-19-8-7-16(6-2-5-15)20(17,18)12-4-3-10(13)9-11(12)14/h3-4,9H,2,6-8H2,1H3. The molecule has 1 aromatic rings. The van der Waals surface area contributed by atoms with E-state index in [-0.39, 0.29) is 36.0 Å². The van der Waals surface area contributed by atoms with E-state index in [1.54, 1.807) is 6.07 Å². The van der Waals surface area contributed by atoms with Gasteiger partial charge in [-0.15, -0.1) is 0 Å². The molecule has 0 N–H and O–H groups in total. The number of hydrogen-bond acceptors (Lipinski definition) is 4. The smallest absolute Gasteiger partial charge is 0.244 e. The van der Waals surface area contributed by atoms with Gasteiger partial charge in [0.25, 0.3) is 0 Å². The highest BCUT2D eigenvalue weighted by atomic mass is 79.9. The number of nitrogens with zero attached hydrogens (tertiary/aromatic N) is 2. The molecule has 0 aliphatic rings. The molecule has 0 spiro atoms. The minimum absolute atomic E-state index is 0.0245. The van der Waals surface area contributed by atoms with Gasteiger partial charge in [-0.2, -0.15) is 9.57 Å². The lowest BCUT2D eigenvalue weighted by atomic mass is 10.4. The van der Waals surface area contributed by atoms with Gasteiger partial charge in [-0.25, -0.2) is 8.42 Å². The van der Waals surface area contributed by atoms with Crippen LogP contribution in [0.15, 0.2) is 27.6 Å². The molecule has 20 heavy (non-hydrogen) atoms. The maximum atomic E-state index is 12.5. The number of halogens is 2. The number of methoxy groups -OCH3 is 1. The molecule has 110 valence electrons. The van der Waals surface area contributed by atoms with E-state index in [1.807, 2.05) is 6.07 Å². The summed E-state index contributed by atoms with van der Waals surface area (Å²) in [6.07, 6.45) is 0.108. The molecule has 0 heterocycles. The quantitative estimate of drug-likeness (QED) is 0.728. The van der Waals surface area contributed by atoms with Gasteiger partial charge in [0, 0.05) is 31.1 Å². The summed E-state index contributed by atoms with van der Waals surface area (Å²) in [4.78, 5) is 0.0245. The van der Waals surface area contributed by atoms with Crippen LogP contribution in [0.3, 0.4) is 0 Å². The highest BCUT2D eigenvalue weighted by Gasteiger charge is 2.26. The Morgan fingerprint density at radius 1 is 1.45 bits per heavy atom. The molecule has 0 aromatic heterocycles. The summed E-state index contributed by atoms with van der Waals surface area (Å²) >= 11 is 9.22. The zero-order chi connectivity index (χ0) is 15.2. The lowest BCUT2D eigenvalue weighted by Crippen LogP contribution is -2.34. The Hall–Kier alpha value is -0.650. The van der Waals surface area contributed by atoms with Gasteiger partial charge < -0.3 is 4.74 Å². The van der Waals surface area contributed by atoms with Gasteiger partial charge in [0.1, 0.15) is 4.90 Å². The summed E-state index contributed by atoms with van der Waals surface area (Å²) < 4.78 is 31.9. The van der Waals surface area contributed by atoms with Crippen molar-refractivity contribution in [1.82, 2.24) is 4.31 Å². The molecule has 0 saturated heterocycles. The van der Waals surface area contributed by atoms with E-state index in [4.69, 9.17) is 21.6 Å². The number of benzene rings is 1. The van der Waals surface area contributed by atoms with Crippen molar-refractivity contribution in [2.45, 2.75) is 11.3 Å². The van der Waals surface area contributed by atoms with Crippen LogP contribution in [0.2, 0.25) is 5.02 Å². The molecule has 0 unspecified atom stereocenters. The molecule has 1 aromatic carbocycles. The van der Waals surface area contributed by atoms with Gasteiger partial charge in [-0.05, 0) is 18.2 Å². The average molecular weight is 382 g/mol. The third-order valence-electron chi connectivity index (χ3n) is 2.53. The number of nitriles is 1. The van der Waals surface area contributed by atoms with Crippen LogP contribution < -0.4 is 0 Å². The van der Waals surface area contributed by atoms with Crippen LogP contribution in [0.1, 0.15) is 6.42 Å². The van der Waals surface area contributed by atoms with Gasteiger partial charge in [-0.1, -0.05) is 27.5 Å². The van der Waals surface area contributed by atoms with Crippen molar-refractivity contribution < 1.29 is 13.2 Å². The molecule has 0 radical (unpaired) electrons. The molecular weight excluding hydrogens is 368 g/mol. The van der Waals surface area contributed by atoms with Crippen molar-refractivity contribution in [2.75, 3.05) is 26.8 Å². The minimum atomic E-state index is -3.74. The summed E-state index contributed by atoms with van der Waals surface area (Å²) in [6, 6.07) is 6.50. The Balaban J connectivity index is 3.11. The van der Waals surface area contributed by atoms with Crippen LogP contribution in [0.5, 0.6) is 0 Å². The predicted octanol–water partition coefficient (Wildman–Crippen LogP) is 2.65. The van der Waals surface area contributed by atoms with Gasteiger partial charge in [0.15, 0.2) is 0 Å². The molecule has 0 aliphatic heterocycles. The van der Waals surface area contributed by atoms with Gasteiger partial charge in [0.05, 0.1) is 17.7 Å². The van der Waals surface area contributed by atoms with E-state index >= 15 is 0 Å². The summed E-state index contributed by atoms with van der Waals surface area (Å²) in [5.74, 6) is 0. The lowest BCUT2D eigenvalue weighted by Gasteiger charge is -2.21. The van der Waals surface area contributed by atoms with Crippen molar-refractivity contribution in [1.29, 1.82) is 5.26 Å². The molecule has 0 saturated carbocycles. The Morgan fingerprint density at radius 3 is 2.70 bits per heavy atom. The van der Waals surface area contributed by atoms with Crippen LogP contribution in [0.4, 0.5) is 0 Å². The predicted molar refractivity (Wildman–Crippen MR) is 80.0 cm³/mol. The van der Waals surface area contributed by atoms with Crippen LogP contribution >= 0.6 is 27.5 Å². The number of ether oxygens (including phenoxy) is 1. The second kappa shape index (κ2) is 7.96. The second-order valence-corrected chi connectivity index (χ2v) is 7.11. The fourth-order valence-electron chi connectivity index (χ4n) is 1.54. The largest absolute Gasteiger partial charge is 0.383 e. The monoisotopic (exact) mass is 380 g/mol. The average Bonchev–Trinajstić information content (AvgIpc) is 2.38. The second-order valence-electron chi connectivity index (χ2n) is 3.88. The summed E-state index contributed by atoms with van der Waals surface area (Å²) in [5, 5.41) is 8.77. The Morgan fingerprint density at radius 2 is 2.15 bits per heavy atom. The summed E-state index contributed by atoms with van der Waals surface area (Å²) in [6.45, 7) is 0.528. The van der Waals surface area contributed by atoms with Crippen LogP contribution in [-0.4, -0.2) is 39.5 Å². The fraction of sp³-hybridized carbons (Fsp3) is 0.417. The van der Waals surface area contributed by atoms with E-state index in [9.17, 15) is 8.42 Å². The van der Waals surface area contributed by atoms with E-state index in [2.05, 4.69) is 15.9 Å². The zero-order valence-corrected chi connectivity index (χ0v) is 14.0. The highest BCUT2D eigenvalue weighted by Crippen LogP contribution is 2.27. The fourth-order valence-corrected chi connectivity index (χ4v) is 3.98. The third-order valence-corrected chi connectivity index (χ3v) is 5.40. The molecular formula is C12H14BrClN2O3S. The van der Waals surface area contributed by atoms with Crippen molar-refractivity contribution in [3.63, 3.8) is 0 Å². The maximum absolute atomic E-state index is 12.5. The Labute approximate surface area is 132 Å². The Kier molecular flexibility index (Phi) is 6.92. The van der Waals surface area contributed by atoms with E-state index in [0.717, 1.165) is 0 Å². The van der Waals surface area contributed by atoms with Crippen molar-refractivity contribution >= 4 is 37.6 Å². The van der Waals surface area contributed by atoms with Crippen molar-refractivity contribution in [3.05, 3.63) is 27.7 Å². The molecule has 5 nitrogen and oxygen atoms in total. The zero-order valence-electron chi connectivity index (χ0n) is 10.8. The lowest BCUT2D eigenvalue weighted by molar-refractivity contribution is 0.179. The first kappa shape index (κ1) is 17.4. The molecule has 0 bridgehead atoms. The van der Waals surface area contributed by atoms with E-state index < -0.39 is 10.0 Å². The first-order valence-electron chi connectivity index (χ1n) is 5.74. The minimum Gasteiger partial charge on any atom is -0.383 e. The molecule has 0 fully saturated rings. The first-order valence-corrected chi connectivity index (χ1v) is 8.35. The van der Waals surface area contributed by atoms with Gasteiger partial charge >= 0.3 is 0 Å². The van der Waals surface area contributed by atoms with Crippen LogP contribution in [-0.2, 0) is 14.8 Å². The van der Waals surface area contributed by atoms with Crippen LogP contribution in [0.25, 0.3) is 0 Å². The topological polar surface area (TPSA) is 70.4 Å². The molecule has 8 heteroatoms. The molecule has 1 rings (SSSR count). The maximum Gasteiger partial charge on any atom is 0.244 e. The highest BCUT2D eigenvalue weighted by molar-refractivity contribution is 9.10. The van der Waals surface area contributed by atoms with Gasteiger partial charge in [0.2, 0.25) is 10.0 Å². The molecule has 0 aliphatic carbocycles. The van der Waals surface area contributed by atoms with E-state index in [0.29, 0.717) is 4.47 Å².